The fourth-order valence-electron chi connectivity index (χ4n) is 1.13. The number of carbonyl (C=O) groups is 1. The van der Waals surface area contributed by atoms with Gasteiger partial charge in [-0.1, -0.05) is 6.08 Å². The molecule has 1 aliphatic rings. The molecule has 1 aromatic heterocycles. The van der Waals surface area contributed by atoms with Gasteiger partial charge in [0.1, 0.15) is 5.69 Å². The van der Waals surface area contributed by atoms with Crippen molar-refractivity contribution in [3.63, 3.8) is 0 Å². The summed E-state index contributed by atoms with van der Waals surface area (Å²) in [4.78, 5) is 26.7. The lowest BCUT2D eigenvalue weighted by molar-refractivity contribution is 0.0990. The molecule has 4 nitrogen and oxygen atoms in total. The monoisotopic (exact) mass is 150 g/mol. The number of imidazole rings is 1. The van der Waals surface area contributed by atoms with E-state index in [9.17, 15) is 9.59 Å². The molecule has 0 fully saturated rings. The van der Waals surface area contributed by atoms with Gasteiger partial charge in [-0.3, -0.25) is 4.79 Å². The van der Waals surface area contributed by atoms with Crippen molar-refractivity contribution >= 4 is 11.9 Å². The summed E-state index contributed by atoms with van der Waals surface area (Å²) < 4.78 is 0. The van der Waals surface area contributed by atoms with E-state index in [1.807, 2.05) is 0 Å². The number of allylic oxidation sites excluding steroid dienone is 1. The first-order valence-electron chi connectivity index (χ1n) is 3.29. The molecule has 0 saturated heterocycles. The first-order chi connectivity index (χ1) is 5.27. The molecular formula is C7H6N2O2. The summed E-state index contributed by atoms with van der Waals surface area (Å²) in [7, 11) is 0. The summed E-state index contributed by atoms with van der Waals surface area (Å²) in [5.74, 6) is -0.0409. The predicted octanol–water partition coefficient (Wildman–Crippen LogP) is 0.303. The van der Waals surface area contributed by atoms with Gasteiger partial charge < -0.3 is 9.97 Å². The number of aromatic nitrogens is 2. The van der Waals surface area contributed by atoms with Crippen molar-refractivity contribution in [3.05, 3.63) is 27.9 Å². The number of aromatic amines is 2. The zero-order chi connectivity index (χ0) is 7.84. The molecule has 2 N–H and O–H groups in total. The minimum Gasteiger partial charge on any atom is -0.306 e. The van der Waals surface area contributed by atoms with E-state index in [-0.39, 0.29) is 11.5 Å². The number of fused-ring (bicyclic) bond motifs is 1. The number of ketones is 1. The second-order valence-corrected chi connectivity index (χ2v) is 2.40. The molecule has 56 valence electrons. The summed E-state index contributed by atoms with van der Waals surface area (Å²) in [5.41, 5.74) is 0.665. The van der Waals surface area contributed by atoms with Crippen LogP contribution in [0.3, 0.4) is 0 Å². The van der Waals surface area contributed by atoms with Gasteiger partial charge in [-0.2, -0.15) is 0 Å². The summed E-state index contributed by atoms with van der Waals surface area (Å²) in [6.07, 6.45) is 3.84. The Morgan fingerprint density at radius 2 is 2.09 bits per heavy atom. The minimum absolute atomic E-state index is 0.0409. The lowest BCUT2D eigenvalue weighted by Gasteiger charge is -1.99. The lowest BCUT2D eigenvalue weighted by Crippen LogP contribution is -2.05. The highest BCUT2D eigenvalue weighted by atomic mass is 16.1. The summed E-state index contributed by atoms with van der Waals surface area (Å²) in [6.45, 7) is 0. The van der Waals surface area contributed by atoms with Gasteiger partial charge in [0.05, 0.1) is 5.69 Å². The number of carbonyl (C=O) groups excluding carboxylic acids is 1. The second kappa shape index (κ2) is 1.95. The molecule has 0 bridgehead atoms. The topological polar surface area (TPSA) is 65.7 Å². The van der Waals surface area contributed by atoms with Crippen LogP contribution < -0.4 is 5.69 Å². The van der Waals surface area contributed by atoms with Crippen LogP contribution in [0.4, 0.5) is 0 Å². The van der Waals surface area contributed by atoms with Crippen molar-refractivity contribution in [2.75, 3.05) is 0 Å². The first kappa shape index (κ1) is 6.15. The number of H-pyrrole nitrogens is 2. The van der Waals surface area contributed by atoms with Gasteiger partial charge in [0.25, 0.3) is 0 Å². The van der Waals surface area contributed by atoms with Gasteiger partial charge >= 0.3 is 5.69 Å². The Balaban J connectivity index is 2.71. The van der Waals surface area contributed by atoms with Gasteiger partial charge in [0, 0.05) is 6.42 Å². The molecule has 0 amide bonds. The lowest BCUT2D eigenvalue weighted by atomic mass is 10.1. The maximum atomic E-state index is 11.1. The van der Waals surface area contributed by atoms with Crippen LogP contribution in [0.2, 0.25) is 0 Å². The van der Waals surface area contributed by atoms with E-state index in [1.54, 1.807) is 12.2 Å². The zero-order valence-electron chi connectivity index (χ0n) is 5.68. The fraction of sp³-hybridized carbons (Fsp3) is 0.143. The van der Waals surface area contributed by atoms with Crippen LogP contribution in [0.1, 0.15) is 22.6 Å². The molecule has 1 aromatic rings. The molecule has 0 spiro atoms. The van der Waals surface area contributed by atoms with E-state index in [1.165, 1.54) is 0 Å². The smallest absolute Gasteiger partial charge is 0.306 e. The second-order valence-electron chi connectivity index (χ2n) is 2.40. The van der Waals surface area contributed by atoms with E-state index in [2.05, 4.69) is 9.97 Å². The average molecular weight is 150 g/mol. The van der Waals surface area contributed by atoms with E-state index >= 15 is 0 Å². The van der Waals surface area contributed by atoms with E-state index in [0.29, 0.717) is 17.8 Å². The van der Waals surface area contributed by atoms with Crippen LogP contribution in [0, 0.1) is 0 Å². The number of hydrogen-bond acceptors (Lipinski definition) is 2. The molecular weight excluding hydrogens is 144 g/mol. The number of hydrogen-bond donors (Lipinski definition) is 2. The molecule has 0 radical (unpaired) electrons. The first-order valence-corrected chi connectivity index (χ1v) is 3.29. The van der Waals surface area contributed by atoms with Crippen LogP contribution in [-0.2, 0) is 0 Å². The molecule has 4 heteroatoms. The van der Waals surface area contributed by atoms with Crippen LogP contribution >= 0.6 is 0 Å². The average Bonchev–Trinajstić information content (AvgIpc) is 2.31. The Kier molecular flexibility index (Phi) is 1.09. The predicted molar refractivity (Wildman–Crippen MR) is 39.4 cm³/mol. The maximum absolute atomic E-state index is 11.1. The Morgan fingerprint density at radius 1 is 1.27 bits per heavy atom. The normalized spacial score (nSPS) is 15.1. The third-order valence-corrected chi connectivity index (χ3v) is 1.62. The van der Waals surface area contributed by atoms with Gasteiger partial charge in [-0.25, -0.2) is 4.79 Å². The highest BCUT2D eigenvalue weighted by molar-refractivity contribution is 6.00. The summed E-state index contributed by atoms with van der Waals surface area (Å²) >= 11 is 0. The van der Waals surface area contributed by atoms with Gasteiger partial charge in [0.15, 0.2) is 5.78 Å². The Morgan fingerprint density at radius 3 is 2.82 bits per heavy atom. The van der Waals surface area contributed by atoms with Crippen molar-refractivity contribution < 1.29 is 4.79 Å². The van der Waals surface area contributed by atoms with Crippen molar-refractivity contribution in [1.82, 2.24) is 9.97 Å². The zero-order valence-corrected chi connectivity index (χ0v) is 5.68. The molecule has 1 heterocycles. The van der Waals surface area contributed by atoms with Gasteiger partial charge in [0.2, 0.25) is 0 Å². The molecule has 0 unspecified atom stereocenters. The van der Waals surface area contributed by atoms with Crippen LogP contribution in [-0.4, -0.2) is 15.8 Å². The van der Waals surface area contributed by atoms with Crippen molar-refractivity contribution in [2.24, 2.45) is 0 Å². The third-order valence-electron chi connectivity index (χ3n) is 1.62. The Labute approximate surface area is 61.9 Å². The number of rotatable bonds is 0. The molecule has 11 heavy (non-hydrogen) atoms. The molecule has 1 aliphatic carbocycles. The molecule has 0 saturated carbocycles. The van der Waals surface area contributed by atoms with Gasteiger partial charge in [-0.05, 0) is 6.08 Å². The molecule has 2 rings (SSSR count). The van der Waals surface area contributed by atoms with E-state index in [0.717, 1.165) is 0 Å². The highest BCUT2D eigenvalue weighted by Gasteiger charge is 2.15. The quantitative estimate of drug-likeness (QED) is 0.558. The molecule has 0 aliphatic heterocycles. The highest BCUT2D eigenvalue weighted by Crippen LogP contribution is 2.12. The largest absolute Gasteiger partial charge is 0.323 e. The Bertz CT molecular complexity index is 383. The summed E-state index contributed by atoms with van der Waals surface area (Å²) in [5, 5.41) is 0. The molecule has 0 aromatic carbocycles. The van der Waals surface area contributed by atoms with Crippen molar-refractivity contribution in [2.45, 2.75) is 6.42 Å². The Hall–Kier alpha value is -1.58. The summed E-state index contributed by atoms with van der Waals surface area (Å²) in [6, 6.07) is 0. The van der Waals surface area contributed by atoms with Crippen LogP contribution in [0.5, 0.6) is 0 Å². The third kappa shape index (κ3) is 0.832. The fourth-order valence-corrected chi connectivity index (χ4v) is 1.13. The maximum Gasteiger partial charge on any atom is 0.323 e. The van der Waals surface area contributed by atoms with E-state index < -0.39 is 0 Å². The standard InChI is InChI=1S/C7H6N2O2/c10-5-3-1-2-4-6(5)9-7(11)8-4/h1-2H,3H2,(H2,8,9,11). The SMILES string of the molecule is O=C1CC=Cc2[nH]c(=O)[nH]c21. The van der Waals surface area contributed by atoms with Crippen molar-refractivity contribution in [3.8, 4) is 0 Å². The number of nitrogens with one attached hydrogen (secondary N) is 2. The van der Waals surface area contributed by atoms with Crippen LogP contribution in [0.15, 0.2) is 10.9 Å². The van der Waals surface area contributed by atoms with E-state index in [4.69, 9.17) is 0 Å². The minimum atomic E-state index is -0.324. The molecule has 0 atom stereocenters. The van der Waals surface area contributed by atoms with Crippen molar-refractivity contribution in [1.29, 1.82) is 0 Å². The number of Topliss-reactive ketones (excluding diaryl/α,β-unsaturated/α-hetero) is 1. The van der Waals surface area contributed by atoms with Gasteiger partial charge in [-0.15, -0.1) is 0 Å². The van der Waals surface area contributed by atoms with Crippen LogP contribution in [0.25, 0.3) is 6.08 Å².